The zero-order valence-corrected chi connectivity index (χ0v) is 10.0. The fourth-order valence-electron chi connectivity index (χ4n) is 1.23. The lowest BCUT2D eigenvalue weighted by Gasteiger charge is -2.13. The number of hydrogen-bond donors (Lipinski definition) is 0. The van der Waals surface area contributed by atoms with E-state index in [0.29, 0.717) is 4.31 Å². The SMILES string of the molecule is CN(CC#N)S(=O)(=O)c1cccc(F)c1[N+](=O)[O-]. The Morgan fingerprint density at radius 2 is 2.17 bits per heavy atom. The summed E-state index contributed by atoms with van der Waals surface area (Å²) in [5, 5.41) is 19.1. The highest BCUT2D eigenvalue weighted by molar-refractivity contribution is 7.89. The van der Waals surface area contributed by atoms with Crippen LogP contribution in [0, 0.1) is 27.3 Å². The van der Waals surface area contributed by atoms with Crippen molar-refractivity contribution >= 4 is 15.7 Å². The van der Waals surface area contributed by atoms with Gasteiger partial charge in [-0.05, 0) is 12.1 Å². The maximum atomic E-state index is 13.3. The third-order valence-electron chi connectivity index (χ3n) is 2.11. The van der Waals surface area contributed by atoms with E-state index in [1.807, 2.05) is 0 Å². The topological polar surface area (TPSA) is 104 Å². The van der Waals surface area contributed by atoms with Crippen molar-refractivity contribution in [1.82, 2.24) is 4.31 Å². The van der Waals surface area contributed by atoms with Gasteiger partial charge >= 0.3 is 5.69 Å². The van der Waals surface area contributed by atoms with Crippen molar-refractivity contribution in [3.63, 3.8) is 0 Å². The summed E-state index contributed by atoms with van der Waals surface area (Å²) in [6, 6.07) is 4.35. The van der Waals surface area contributed by atoms with E-state index in [0.717, 1.165) is 25.2 Å². The second-order valence-electron chi connectivity index (χ2n) is 3.26. The van der Waals surface area contributed by atoms with Crippen molar-refractivity contribution in [1.29, 1.82) is 5.26 Å². The molecule has 96 valence electrons. The van der Waals surface area contributed by atoms with Crippen LogP contribution < -0.4 is 0 Å². The lowest BCUT2D eigenvalue weighted by atomic mass is 10.3. The van der Waals surface area contributed by atoms with Crippen molar-refractivity contribution in [3.8, 4) is 6.07 Å². The van der Waals surface area contributed by atoms with Gasteiger partial charge in [0.15, 0.2) is 4.90 Å². The minimum atomic E-state index is -4.27. The van der Waals surface area contributed by atoms with Gasteiger partial charge in [-0.25, -0.2) is 8.42 Å². The van der Waals surface area contributed by atoms with E-state index in [9.17, 15) is 22.9 Å². The summed E-state index contributed by atoms with van der Waals surface area (Å²) in [5.41, 5.74) is -1.12. The second kappa shape index (κ2) is 5.07. The van der Waals surface area contributed by atoms with E-state index >= 15 is 0 Å². The van der Waals surface area contributed by atoms with Crippen molar-refractivity contribution < 1.29 is 17.7 Å². The molecule has 0 spiro atoms. The van der Waals surface area contributed by atoms with Crippen molar-refractivity contribution in [2.24, 2.45) is 0 Å². The molecule has 18 heavy (non-hydrogen) atoms. The molecule has 1 aromatic rings. The first-order valence-electron chi connectivity index (χ1n) is 4.58. The summed E-state index contributed by atoms with van der Waals surface area (Å²) < 4.78 is 37.7. The van der Waals surface area contributed by atoms with Crippen LogP contribution in [0.1, 0.15) is 0 Å². The number of nitrogens with zero attached hydrogens (tertiary/aromatic N) is 3. The van der Waals surface area contributed by atoms with Gasteiger partial charge in [0.05, 0.1) is 11.0 Å². The zero-order valence-electron chi connectivity index (χ0n) is 9.20. The molecule has 9 heteroatoms. The Labute approximate surface area is 102 Å². The molecule has 0 radical (unpaired) electrons. The molecule has 0 fully saturated rings. The molecule has 0 N–H and O–H groups in total. The highest BCUT2D eigenvalue weighted by Gasteiger charge is 2.32. The largest absolute Gasteiger partial charge is 0.324 e. The fraction of sp³-hybridized carbons (Fsp3) is 0.222. The first-order valence-corrected chi connectivity index (χ1v) is 6.02. The Morgan fingerprint density at radius 3 is 2.67 bits per heavy atom. The zero-order chi connectivity index (χ0) is 13.9. The van der Waals surface area contributed by atoms with Crippen LogP contribution in [0.5, 0.6) is 0 Å². The molecule has 0 aliphatic heterocycles. The van der Waals surface area contributed by atoms with Crippen LogP contribution >= 0.6 is 0 Å². The number of nitriles is 1. The molecule has 1 rings (SSSR count). The third kappa shape index (κ3) is 2.44. The molecule has 0 bridgehead atoms. The van der Waals surface area contributed by atoms with Crippen LogP contribution in [0.3, 0.4) is 0 Å². The highest BCUT2D eigenvalue weighted by Crippen LogP contribution is 2.28. The number of benzene rings is 1. The average Bonchev–Trinajstić information content (AvgIpc) is 2.28. The first-order chi connectivity index (χ1) is 8.32. The average molecular weight is 273 g/mol. The normalized spacial score (nSPS) is 11.2. The van der Waals surface area contributed by atoms with Crippen LogP contribution in [0.25, 0.3) is 0 Å². The van der Waals surface area contributed by atoms with Gasteiger partial charge in [0.1, 0.15) is 6.54 Å². The summed E-state index contributed by atoms with van der Waals surface area (Å²) in [6.45, 7) is -0.490. The van der Waals surface area contributed by atoms with Crippen LogP contribution in [-0.2, 0) is 10.0 Å². The van der Waals surface area contributed by atoms with Gasteiger partial charge in [0.25, 0.3) is 10.0 Å². The van der Waals surface area contributed by atoms with Crippen LogP contribution in [-0.4, -0.2) is 31.2 Å². The van der Waals surface area contributed by atoms with E-state index in [4.69, 9.17) is 5.26 Å². The van der Waals surface area contributed by atoms with Crippen molar-refractivity contribution in [3.05, 3.63) is 34.1 Å². The van der Waals surface area contributed by atoms with E-state index in [1.54, 1.807) is 6.07 Å². The number of halogens is 1. The molecule has 7 nitrogen and oxygen atoms in total. The van der Waals surface area contributed by atoms with Gasteiger partial charge in [-0.3, -0.25) is 10.1 Å². The molecular formula is C9H8FN3O4S. The highest BCUT2D eigenvalue weighted by atomic mass is 32.2. The minimum Gasteiger partial charge on any atom is -0.258 e. The minimum absolute atomic E-state index is 0.490. The van der Waals surface area contributed by atoms with Gasteiger partial charge in [-0.1, -0.05) is 6.07 Å². The van der Waals surface area contributed by atoms with Crippen LogP contribution in [0.15, 0.2) is 23.1 Å². The summed E-state index contributed by atoms with van der Waals surface area (Å²) in [5.74, 6) is -1.24. The third-order valence-corrected chi connectivity index (χ3v) is 3.95. The van der Waals surface area contributed by atoms with E-state index in [1.165, 1.54) is 0 Å². The van der Waals surface area contributed by atoms with Gasteiger partial charge in [0, 0.05) is 7.05 Å². The number of nitro benzene ring substituents is 1. The van der Waals surface area contributed by atoms with Gasteiger partial charge in [-0.15, -0.1) is 0 Å². The molecule has 0 heterocycles. The van der Waals surface area contributed by atoms with Crippen molar-refractivity contribution in [2.45, 2.75) is 4.90 Å². The first kappa shape index (κ1) is 14.0. The molecular weight excluding hydrogens is 265 g/mol. The molecule has 0 amide bonds. The molecule has 0 saturated carbocycles. The number of nitro groups is 1. The Balaban J connectivity index is 3.48. The van der Waals surface area contributed by atoms with Crippen LogP contribution in [0.2, 0.25) is 0 Å². The number of para-hydroxylation sites is 1. The summed E-state index contributed by atoms with van der Waals surface area (Å²) in [7, 11) is -3.19. The Hall–Kier alpha value is -2.05. The molecule has 0 aliphatic rings. The van der Waals surface area contributed by atoms with Crippen LogP contribution in [0.4, 0.5) is 10.1 Å². The van der Waals surface area contributed by atoms with Gasteiger partial charge < -0.3 is 0 Å². The number of sulfonamides is 1. The quantitative estimate of drug-likeness (QED) is 0.460. The lowest BCUT2D eigenvalue weighted by molar-refractivity contribution is -0.390. The lowest BCUT2D eigenvalue weighted by Crippen LogP contribution is -2.28. The van der Waals surface area contributed by atoms with Crippen molar-refractivity contribution in [2.75, 3.05) is 13.6 Å². The number of hydrogen-bond acceptors (Lipinski definition) is 5. The summed E-state index contributed by atoms with van der Waals surface area (Å²) in [6.07, 6.45) is 0. The van der Waals surface area contributed by atoms with E-state index in [-0.39, 0.29) is 0 Å². The smallest absolute Gasteiger partial charge is 0.258 e. The monoisotopic (exact) mass is 273 g/mol. The predicted molar refractivity (Wildman–Crippen MR) is 58.5 cm³/mol. The molecule has 0 saturated heterocycles. The molecule has 0 unspecified atom stereocenters. The Bertz CT molecular complexity index is 623. The fourth-order valence-corrected chi connectivity index (χ4v) is 2.46. The number of rotatable bonds is 4. The Kier molecular flexibility index (Phi) is 3.95. The second-order valence-corrected chi connectivity index (χ2v) is 5.28. The molecule has 0 aliphatic carbocycles. The van der Waals surface area contributed by atoms with E-state index < -0.39 is 37.9 Å². The molecule has 0 aromatic heterocycles. The standard InChI is InChI=1S/C9H8FN3O4S/c1-12(6-5-11)18(16,17)8-4-2-3-7(10)9(8)13(14)15/h2-4H,6H2,1H3. The maximum Gasteiger partial charge on any atom is 0.324 e. The summed E-state index contributed by atoms with van der Waals surface area (Å²) in [4.78, 5) is 8.81. The predicted octanol–water partition coefficient (Wildman–Crippen LogP) is 0.878. The molecule has 1 aromatic carbocycles. The van der Waals surface area contributed by atoms with Gasteiger partial charge in [0.2, 0.25) is 5.82 Å². The summed E-state index contributed by atoms with van der Waals surface area (Å²) >= 11 is 0. The maximum absolute atomic E-state index is 13.3. The van der Waals surface area contributed by atoms with Gasteiger partial charge in [-0.2, -0.15) is 14.0 Å². The Morgan fingerprint density at radius 1 is 1.56 bits per heavy atom. The van der Waals surface area contributed by atoms with E-state index in [2.05, 4.69) is 0 Å². The molecule has 0 atom stereocenters.